The van der Waals surface area contributed by atoms with Gasteiger partial charge in [0, 0.05) is 13.2 Å². The predicted molar refractivity (Wildman–Crippen MR) is 62.3 cm³/mol. The van der Waals surface area contributed by atoms with E-state index in [1.165, 1.54) is 0 Å². The Kier molecular flexibility index (Phi) is 6.42. The van der Waals surface area contributed by atoms with Gasteiger partial charge in [-0.1, -0.05) is 13.3 Å². The number of esters is 1. The molecule has 1 heterocycles. The smallest absolute Gasteiger partial charge is 0.323 e. The van der Waals surface area contributed by atoms with Gasteiger partial charge in [-0.15, -0.1) is 0 Å². The van der Waals surface area contributed by atoms with Gasteiger partial charge < -0.3 is 14.8 Å². The van der Waals surface area contributed by atoms with Gasteiger partial charge in [0.25, 0.3) is 0 Å². The Hall–Kier alpha value is -0.610. The molecule has 0 aromatic carbocycles. The van der Waals surface area contributed by atoms with Crippen LogP contribution >= 0.6 is 0 Å². The van der Waals surface area contributed by atoms with Crippen molar-refractivity contribution in [1.82, 2.24) is 5.32 Å². The summed E-state index contributed by atoms with van der Waals surface area (Å²) in [4.78, 5) is 11.6. The third kappa shape index (κ3) is 4.49. The van der Waals surface area contributed by atoms with Gasteiger partial charge in [-0.25, -0.2) is 0 Å². The quantitative estimate of drug-likeness (QED) is 0.672. The second-order valence-electron chi connectivity index (χ2n) is 4.14. The van der Waals surface area contributed by atoms with E-state index in [0.717, 1.165) is 38.8 Å². The van der Waals surface area contributed by atoms with E-state index in [4.69, 9.17) is 9.47 Å². The average Bonchev–Trinajstić information content (AvgIpc) is 2.77. The zero-order valence-corrected chi connectivity index (χ0v) is 10.3. The van der Waals surface area contributed by atoms with Crippen LogP contribution in [0.3, 0.4) is 0 Å². The molecule has 0 spiro atoms. The number of hydrogen-bond acceptors (Lipinski definition) is 4. The van der Waals surface area contributed by atoms with Gasteiger partial charge in [0.15, 0.2) is 0 Å². The first-order chi connectivity index (χ1) is 7.77. The van der Waals surface area contributed by atoms with Crippen molar-refractivity contribution in [3.05, 3.63) is 0 Å². The molecule has 2 unspecified atom stereocenters. The fraction of sp³-hybridized carbons (Fsp3) is 0.917. The Morgan fingerprint density at radius 2 is 2.38 bits per heavy atom. The molecular weight excluding hydrogens is 206 g/mol. The number of carbonyl (C=O) groups is 1. The molecule has 4 heteroatoms. The first kappa shape index (κ1) is 13.5. The maximum atomic E-state index is 11.6. The minimum absolute atomic E-state index is 0.137. The van der Waals surface area contributed by atoms with Crippen LogP contribution in [0.5, 0.6) is 0 Å². The summed E-state index contributed by atoms with van der Waals surface area (Å²) in [6.45, 7) is 5.95. The van der Waals surface area contributed by atoms with E-state index >= 15 is 0 Å². The largest absolute Gasteiger partial charge is 0.465 e. The van der Waals surface area contributed by atoms with Crippen LogP contribution in [-0.4, -0.2) is 37.9 Å². The maximum Gasteiger partial charge on any atom is 0.323 e. The molecule has 0 amide bonds. The van der Waals surface area contributed by atoms with E-state index in [0.29, 0.717) is 6.61 Å². The Bertz CT molecular complexity index is 202. The van der Waals surface area contributed by atoms with Crippen molar-refractivity contribution >= 4 is 5.97 Å². The average molecular weight is 229 g/mol. The summed E-state index contributed by atoms with van der Waals surface area (Å²) in [7, 11) is 0. The Morgan fingerprint density at radius 1 is 1.56 bits per heavy atom. The molecule has 0 aromatic heterocycles. The molecule has 94 valence electrons. The van der Waals surface area contributed by atoms with Crippen molar-refractivity contribution in [3.8, 4) is 0 Å². The minimum atomic E-state index is -0.172. The van der Waals surface area contributed by atoms with Crippen LogP contribution < -0.4 is 5.32 Å². The first-order valence-corrected chi connectivity index (χ1v) is 6.29. The number of rotatable bonds is 7. The summed E-state index contributed by atoms with van der Waals surface area (Å²) in [6, 6.07) is -0.172. The fourth-order valence-corrected chi connectivity index (χ4v) is 1.91. The van der Waals surface area contributed by atoms with Crippen molar-refractivity contribution in [2.24, 2.45) is 0 Å². The van der Waals surface area contributed by atoms with Crippen molar-refractivity contribution in [2.45, 2.75) is 51.7 Å². The molecule has 0 saturated carbocycles. The van der Waals surface area contributed by atoms with Gasteiger partial charge >= 0.3 is 5.97 Å². The summed E-state index contributed by atoms with van der Waals surface area (Å²) >= 11 is 0. The summed E-state index contributed by atoms with van der Waals surface area (Å²) in [5.41, 5.74) is 0. The maximum absolute atomic E-state index is 11.6. The van der Waals surface area contributed by atoms with E-state index in [2.05, 4.69) is 12.2 Å². The molecule has 0 aliphatic carbocycles. The summed E-state index contributed by atoms with van der Waals surface area (Å²) in [5.74, 6) is -0.137. The summed E-state index contributed by atoms with van der Waals surface area (Å²) in [6.07, 6.45) is 4.29. The van der Waals surface area contributed by atoms with Crippen molar-refractivity contribution in [1.29, 1.82) is 0 Å². The second kappa shape index (κ2) is 7.63. The zero-order chi connectivity index (χ0) is 11.8. The standard InChI is InChI=1S/C12H23NO3/c1-3-6-11(12(14)15-4-2)13-9-10-7-5-8-16-10/h10-11,13H,3-9H2,1-2H3. The molecule has 1 rings (SSSR count). The van der Waals surface area contributed by atoms with E-state index in [9.17, 15) is 4.79 Å². The molecule has 4 nitrogen and oxygen atoms in total. The van der Waals surface area contributed by atoms with Crippen LogP contribution in [-0.2, 0) is 14.3 Å². The van der Waals surface area contributed by atoms with Crippen molar-refractivity contribution in [3.63, 3.8) is 0 Å². The highest BCUT2D eigenvalue weighted by molar-refractivity contribution is 5.75. The third-order valence-corrected chi connectivity index (χ3v) is 2.76. The van der Waals surface area contributed by atoms with Crippen LogP contribution in [0, 0.1) is 0 Å². The molecule has 1 N–H and O–H groups in total. The molecule has 0 radical (unpaired) electrons. The second-order valence-corrected chi connectivity index (χ2v) is 4.14. The topological polar surface area (TPSA) is 47.6 Å². The number of nitrogens with one attached hydrogen (secondary N) is 1. The molecule has 0 aromatic rings. The van der Waals surface area contributed by atoms with Crippen LogP contribution in [0.4, 0.5) is 0 Å². The Morgan fingerprint density at radius 3 is 2.94 bits per heavy atom. The predicted octanol–water partition coefficient (Wildman–Crippen LogP) is 1.49. The third-order valence-electron chi connectivity index (χ3n) is 2.76. The lowest BCUT2D eigenvalue weighted by Gasteiger charge is -2.18. The van der Waals surface area contributed by atoms with Gasteiger partial charge in [0.2, 0.25) is 0 Å². The number of carbonyl (C=O) groups excluding carboxylic acids is 1. The molecule has 16 heavy (non-hydrogen) atoms. The van der Waals surface area contributed by atoms with Gasteiger partial charge in [-0.2, -0.15) is 0 Å². The highest BCUT2D eigenvalue weighted by Gasteiger charge is 2.21. The normalized spacial score (nSPS) is 22.0. The lowest BCUT2D eigenvalue weighted by molar-refractivity contribution is -0.146. The highest BCUT2D eigenvalue weighted by atomic mass is 16.5. The van der Waals surface area contributed by atoms with Gasteiger partial charge in [-0.05, 0) is 26.2 Å². The van der Waals surface area contributed by atoms with Crippen LogP contribution in [0.1, 0.15) is 39.5 Å². The Labute approximate surface area is 97.7 Å². The van der Waals surface area contributed by atoms with E-state index < -0.39 is 0 Å². The molecule has 2 atom stereocenters. The molecule has 1 aliphatic rings. The highest BCUT2D eigenvalue weighted by Crippen LogP contribution is 2.11. The van der Waals surface area contributed by atoms with Crippen molar-refractivity contribution in [2.75, 3.05) is 19.8 Å². The van der Waals surface area contributed by atoms with Gasteiger partial charge in [0.05, 0.1) is 12.7 Å². The van der Waals surface area contributed by atoms with E-state index in [1.807, 2.05) is 6.92 Å². The zero-order valence-electron chi connectivity index (χ0n) is 10.3. The Balaban J connectivity index is 2.28. The molecule has 1 aliphatic heterocycles. The lowest BCUT2D eigenvalue weighted by atomic mass is 10.1. The molecule has 1 saturated heterocycles. The van der Waals surface area contributed by atoms with Gasteiger partial charge in [-0.3, -0.25) is 4.79 Å². The lowest BCUT2D eigenvalue weighted by Crippen LogP contribution is -2.41. The van der Waals surface area contributed by atoms with Crippen LogP contribution in [0.25, 0.3) is 0 Å². The molecular formula is C12H23NO3. The molecule has 0 bridgehead atoms. The monoisotopic (exact) mass is 229 g/mol. The van der Waals surface area contributed by atoms with E-state index in [-0.39, 0.29) is 18.1 Å². The minimum Gasteiger partial charge on any atom is -0.465 e. The van der Waals surface area contributed by atoms with Crippen molar-refractivity contribution < 1.29 is 14.3 Å². The number of ether oxygens (including phenoxy) is 2. The van der Waals surface area contributed by atoms with Crippen LogP contribution in [0.15, 0.2) is 0 Å². The first-order valence-electron chi connectivity index (χ1n) is 6.29. The van der Waals surface area contributed by atoms with Crippen LogP contribution in [0.2, 0.25) is 0 Å². The summed E-state index contributed by atoms with van der Waals surface area (Å²) < 4.78 is 10.5. The van der Waals surface area contributed by atoms with Gasteiger partial charge in [0.1, 0.15) is 6.04 Å². The SMILES string of the molecule is CCCC(NCC1CCCO1)C(=O)OCC. The number of hydrogen-bond donors (Lipinski definition) is 1. The van der Waals surface area contributed by atoms with E-state index in [1.54, 1.807) is 0 Å². The summed E-state index contributed by atoms with van der Waals surface area (Å²) in [5, 5.41) is 3.25. The fourth-order valence-electron chi connectivity index (χ4n) is 1.91. The molecule has 1 fully saturated rings.